The minimum absolute atomic E-state index is 0.207. The summed E-state index contributed by atoms with van der Waals surface area (Å²) in [5.41, 5.74) is 6.34. The first-order valence-electron chi connectivity index (χ1n) is 8.01. The van der Waals surface area contributed by atoms with Crippen molar-refractivity contribution in [1.29, 1.82) is 0 Å². The normalized spacial score (nSPS) is 16.9. The Hall–Kier alpha value is -0.980. The fourth-order valence-electron chi connectivity index (χ4n) is 3.32. The van der Waals surface area contributed by atoms with E-state index in [2.05, 4.69) is 65.5 Å². The van der Waals surface area contributed by atoms with Crippen LogP contribution < -0.4 is 4.90 Å². The Labute approximate surface area is 125 Å². The lowest BCUT2D eigenvalue weighted by Gasteiger charge is -2.32. The molecular weight excluding hydrogens is 242 g/mol. The number of benzene rings is 1. The van der Waals surface area contributed by atoms with Crippen molar-refractivity contribution in [2.24, 2.45) is 0 Å². The summed E-state index contributed by atoms with van der Waals surface area (Å²) in [6.07, 6.45) is 2.67. The topological polar surface area (TPSA) is 3.24 Å². The molecule has 2 rings (SSSR count). The van der Waals surface area contributed by atoms with Crippen LogP contribution in [0.1, 0.15) is 71.1 Å². The van der Waals surface area contributed by atoms with Gasteiger partial charge in [0.1, 0.15) is 0 Å². The average Bonchev–Trinajstić information content (AvgIpc) is 2.79. The number of rotatable bonds is 1. The number of nitrogens with zero attached hydrogens (tertiary/aromatic N) is 1. The van der Waals surface area contributed by atoms with E-state index in [0.717, 1.165) is 0 Å². The van der Waals surface area contributed by atoms with E-state index in [0.29, 0.717) is 0 Å². The highest BCUT2D eigenvalue weighted by molar-refractivity contribution is 5.61. The molecule has 1 aromatic rings. The van der Waals surface area contributed by atoms with Crippen LogP contribution >= 0.6 is 0 Å². The number of hydrogen-bond acceptors (Lipinski definition) is 1. The standard InChI is InChI=1S/C19H31N/c1-14-12-16(19(5,6)7)17(20-10-8-9-11-20)13-15(14)18(2,3)4/h12-13H,8-11H2,1-7H3. The Kier molecular flexibility index (Phi) is 3.92. The van der Waals surface area contributed by atoms with E-state index in [9.17, 15) is 0 Å². The van der Waals surface area contributed by atoms with Crippen LogP contribution in [0, 0.1) is 6.92 Å². The van der Waals surface area contributed by atoms with Gasteiger partial charge in [-0.25, -0.2) is 0 Å². The molecule has 0 aliphatic carbocycles. The van der Waals surface area contributed by atoms with Gasteiger partial charge in [-0.15, -0.1) is 0 Å². The van der Waals surface area contributed by atoms with Crippen LogP contribution in [0.4, 0.5) is 5.69 Å². The van der Waals surface area contributed by atoms with Crippen molar-refractivity contribution in [2.75, 3.05) is 18.0 Å². The fourth-order valence-corrected chi connectivity index (χ4v) is 3.32. The second kappa shape index (κ2) is 5.09. The predicted molar refractivity (Wildman–Crippen MR) is 90.0 cm³/mol. The molecule has 1 aliphatic rings. The molecule has 112 valence electrons. The SMILES string of the molecule is Cc1cc(C(C)(C)C)c(N2CCCC2)cc1C(C)(C)C. The van der Waals surface area contributed by atoms with Crippen molar-refractivity contribution in [2.45, 2.75) is 72.1 Å². The summed E-state index contributed by atoms with van der Waals surface area (Å²) in [6, 6.07) is 4.91. The van der Waals surface area contributed by atoms with Crippen LogP contribution in [0.5, 0.6) is 0 Å². The minimum Gasteiger partial charge on any atom is -0.371 e. The van der Waals surface area contributed by atoms with E-state index < -0.39 is 0 Å². The maximum Gasteiger partial charge on any atom is 0.0407 e. The minimum atomic E-state index is 0.207. The molecular formula is C19H31N. The van der Waals surface area contributed by atoms with Gasteiger partial charge in [0.15, 0.2) is 0 Å². The predicted octanol–water partition coefficient (Wildman–Crippen LogP) is 5.19. The van der Waals surface area contributed by atoms with Gasteiger partial charge >= 0.3 is 0 Å². The van der Waals surface area contributed by atoms with Gasteiger partial charge in [0.05, 0.1) is 0 Å². The Balaban J connectivity index is 2.60. The second-order valence-corrected chi connectivity index (χ2v) is 8.38. The monoisotopic (exact) mass is 273 g/mol. The molecule has 0 bridgehead atoms. The molecule has 0 spiro atoms. The molecule has 0 amide bonds. The zero-order valence-corrected chi connectivity index (χ0v) is 14.4. The van der Waals surface area contributed by atoms with Crippen molar-refractivity contribution < 1.29 is 0 Å². The molecule has 1 saturated heterocycles. The van der Waals surface area contributed by atoms with E-state index in [1.807, 2.05) is 0 Å². The molecule has 1 aromatic carbocycles. The van der Waals surface area contributed by atoms with Crippen molar-refractivity contribution in [3.63, 3.8) is 0 Å². The summed E-state index contributed by atoms with van der Waals surface area (Å²) in [6.45, 7) is 18.7. The van der Waals surface area contributed by atoms with Crippen LogP contribution in [0.3, 0.4) is 0 Å². The van der Waals surface area contributed by atoms with E-state index in [1.54, 1.807) is 0 Å². The first-order chi connectivity index (χ1) is 9.10. The largest absolute Gasteiger partial charge is 0.371 e. The number of hydrogen-bond donors (Lipinski definition) is 0. The molecule has 0 N–H and O–H groups in total. The van der Waals surface area contributed by atoms with Gasteiger partial charge < -0.3 is 4.90 Å². The van der Waals surface area contributed by atoms with Gasteiger partial charge in [-0.2, -0.15) is 0 Å². The van der Waals surface area contributed by atoms with Crippen molar-refractivity contribution in [3.05, 3.63) is 28.8 Å². The van der Waals surface area contributed by atoms with E-state index >= 15 is 0 Å². The molecule has 1 heterocycles. The Bertz CT molecular complexity index is 480. The fraction of sp³-hybridized carbons (Fsp3) is 0.684. The smallest absolute Gasteiger partial charge is 0.0407 e. The Morgan fingerprint density at radius 2 is 1.30 bits per heavy atom. The first-order valence-corrected chi connectivity index (χ1v) is 8.01. The maximum atomic E-state index is 2.59. The van der Waals surface area contributed by atoms with E-state index in [1.165, 1.54) is 48.3 Å². The van der Waals surface area contributed by atoms with Crippen molar-refractivity contribution >= 4 is 5.69 Å². The lowest BCUT2D eigenvalue weighted by atomic mass is 9.78. The Morgan fingerprint density at radius 3 is 1.75 bits per heavy atom. The van der Waals surface area contributed by atoms with Crippen LogP contribution in [0.25, 0.3) is 0 Å². The maximum absolute atomic E-state index is 2.59. The summed E-state index contributed by atoms with van der Waals surface area (Å²) >= 11 is 0. The number of aryl methyl sites for hydroxylation is 1. The lowest BCUT2D eigenvalue weighted by molar-refractivity contribution is 0.572. The van der Waals surface area contributed by atoms with Gasteiger partial charge in [-0.3, -0.25) is 0 Å². The summed E-state index contributed by atoms with van der Waals surface area (Å²) in [4.78, 5) is 2.59. The Morgan fingerprint density at radius 1 is 0.800 bits per heavy atom. The number of anilines is 1. The van der Waals surface area contributed by atoms with Crippen molar-refractivity contribution in [3.8, 4) is 0 Å². The molecule has 1 heteroatoms. The van der Waals surface area contributed by atoms with Crippen LogP contribution in [0.15, 0.2) is 12.1 Å². The van der Waals surface area contributed by atoms with Gasteiger partial charge in [-0.1, -0.05) is 47.6 Å². The highest BCUT2D eigenvalue weighted by atomic mass is 15.1. The third kappa shape index (κ3) is 3.02. The molecule has 1 fully saturated rings. The molecule has 0 radical (unpaired) electrons. The van der Waals surface area contributed by atoms with Crippen molar-refractivity contribution in [1.82, 2.24) is 0 Å². The quantitative estimate of drug-likeness (QED) is 0.680. The summed E-state index contributed by atoms with van der Waals surface area (Å²) in [5.74, 6) is 0. The molecule has 0 atom stereocenters. The van der Waals surface area contributed by atoms with Gasteiger partial charge in [0.2, 0.25) is 0 Å². The molecule has 20 heavy (non-hydrogen) atoms. The average molecular weight is 273 g/mol. The second-order valence-electron chi connectivity index (χ2n) is 8.38. The van der Waals surface area contributed by atoms with Crippen LogP contribution in [-0.4, -0.2) is 13.1 Å². The zero-order chi connectivity index (χ0) is 15.1. The molecule has 1 nitrogen and oxygen atoms in total. The first kappa shape index (κ1) is 15.4. The summed E-state index contributed by atoms with van der Waals surface area (Å²) in [7, 11) is 0. The molecule has 0 unspecified atom stereocenters. The summed E-state index contributed by atoms with van der Waals surface area (Å²) < 4.78 is 0. The lowest BCUT2D eigenvalue weighted by Crippen LogP contribution is -2.25. The van der Waals surface area contributed by atoms with Gasteiger partial charge in [-0.05, 0) is 53.4 Å². The molecule has 0 saturated carbocycles. The highest BCUT2D eigenvalue weighted by Crippen LogP contribution is 2.38. The third-order valence-electron chi connectivity index (χ3n) is 4.41. The van der Waals surface area contributed by atoms with Gasteiger partial charge in [0, 0.05) is 18.8 Å². The highest BCUT2D eigenvalue weighted by Gasteiger charge is 2.26. The third-order valence-corrected chi connectivity index (χ3v) is 4.41. The molecule has 0 aromatic heterocycles. The molecule has 1 aliphatic heterocycles. The zero-order valence-electron chi connectivity index (χ0n) is 14.4. The van der Waals surface area contributed by atoms with Crippen LogP contribution in [-0.2, 0) is 10.8 Å². The summed E-state index contributed by atoms with van der Waals surface area (Å²) in [5, 5.41) is 0. The van der Waals surface area contributed by atoms with E-state index in [4.69, 9.17) is 0 Å². The van der Waals surface area contributed by atoms with E-state index in [-0.39, 0.29) is 10.8 Å². The van der Waals surface area contributed by atoms with Gasteiger partial charge in [0.25, 0.3) is 0 Å². The van der Waals surface area contributed by atoms with Crippen LogP contribution in [0.2, 0.25) is 0 Å².